The van der Waals surface area contributed by atoms with Crippen LogP contribution in [0, 0.1) is 0 Å². The van der Waals surface area contributed by atoms with Gasteiger partial charge in [-0.3, -0.25) is 4.68 Å². The summed E-state index contributed by atoms with van der Waals surface area (Å²) in [6, 6.07) is 3.10. The van der Waals surface area contributed by atoms with Crippen LogP contribution in [0.4, 0.5) is 0 Å². The molecule has 1 aromatic rings. The highest BCUT2D eigenvalue weighted by molar-refractivity contribution is 5.10. The van der Waals surface area contributed by atoms with E-state index in [2.05, 4.69) is 35.0 Å². The van der Waals surface area contributed by atoms with Crippen LogP contribution in [0.15, 0.2) is 6.07 Å². The highest BCUT2D eigenvalue weighted by Gasteiger charge is 2.19. The van der Waals surface area contributed by atoms with Crippen LogP contribution >= 0.6 is 0 Å². The van der Waals surface area contributed by atoms with Gasteiger partial charge in [-0.15, -0.1) is 0 Å². The van der Waals surface area contributed by atoms with E-state index in [-0.39, 0.29) is 0 Å². The number of nitrogens with one attached hydrogen (secondary N) is 1. The topological polar surface area (TPSA) is 29.9 Å². The van der Waals surface area contributed by atoms with Crippen molar-refractivity contribution < 1.29 is 0 Å². The first-order chi connectivity index (χ1) is 8.33. The Morgan fingerprint density at radius 3 is 2.76 bits per heavy atom. The second-order valence-electron chi connectivity index (χ2n) is 4.99. The fourth-order valence-corrected chi connectivity index (χ4v) is 2.15. The Labute approximate surface area is 105 Å². The van der Waals surface area contributed by atoms with E-state index in [0.29, 0.717) is 0 Å². The van der Waals surface area contributed by atoms with Crippen molar-refractivity contribution in [3.8, 4) is 0 Å². The molecule has 96 valence electrons. The number of aryl methyl sites for hydroxylation is 3. The normalized spacial score (nSPS) is 15.4. The van der Waals surface area contributed by atoms with Crippen LogP contribution in [0.1, 0.15) is 50.9 Å². The lowest BCUT2D eigenvalue weighted by atomic mass is 10.2. The summed E-state index contributed by atoms with van der Waals surface area (Å²) in [6.45, 7) is 6.64. The van der Waals surface area contributed by atoms with Gasteiger partial charge in [-0.05, 0) is 51.1 Å². The van der Waals surface area contributed by atoms with Gasteiger partial charge < -0.3 is 5.32 Å². The monoisotopic (exact) mass is 235 g/mol. The van der Waals surface area contributed by atoms with Gasteiger partial charge in [0.1, 0.15) is 0 Å². The average molecular weight is 235 g/mol. The summed E-state index contributed by atoms with van der Waals surface area (Å²) in [4.78, 5) is 0. The third-order valence-corrected chi connectivity index (χ3v) is 3.45. The number of hydrogen-bond donors (Lipinski definition) is 1. The molecule has 0 amide bonds. The number of aromatic nitrogens is 2. The van der Waals surface area contributed by atoms with Crippen LogP contribution in [-0.2, 0) is 19.4 Å². The molecule has 0 aromatic carbocycles. The Morgan fingerprint density at radius 2 is 2.12 bits per heavy atom. The number of rotatable bonds is 8. The summed E-state index contributed by atoms with van der Waals surface area (Å²) in [5, 5.41) is 8.20. The van der Waals surface area contributed by atoms with Crippen LogP contribution in [0.3, 0.4) is 0 Å². The summed E-state index contributed by atoms with van der Waals surface area (Å²) < 4.78 is 2.20. The molecule has 0 radical (unpaired) electrons. The lowest BCUT2D eigenvalue weighted by Gasteiger charge is -2.06. The van der Waals surface area contributed by atoms with Crippen molar-refractivity contribution in [3.05, 3.63) is 17.5 Å². The van der Waals surface area contributed by atoms with Crippen LogP contribution in [0.5, 0.6) is 0 Å². The standard InChI is InChI=1S/C14H25N3/c1-3-12-11-14(4-2)17(16-12)10-6-5-9-15-13-7-8-13/h11,13,15H,3-10H2,1-2H3. The fraction of sp³-hybridized carbons (Fsp3) is 0.786. The minimum atomic E-state index is 0.845. The zero-order valence-corrected chi connectivity index (χ0v) is 11.2. The van der Waals surface area contributed by atoms with E-state index in [0.717, 1.165) is 25.4 Å². The van der Waals surface area contributed by atoms with Crippen molar-refractivity contribution in [3.63, 3.8) is 0 Å². The molecule has 0 saturated heterocycles. The van der Waals surface area contributed by atoms with E-state index >= 15 is 0 Å². The Kier molecular flexibility index (Phi) is 4.60. The number of unbranched alkanes of at least 4 members (excludes halogenated alkanes) is 1. The molecule has 0 spiro atoms. The predicted octanol–water partition coefficient (Wildman–Crippen LogP) is 2.54. The molecule has 3 heteroatoms. The van der Waals surface area contributed by atoms with Crippen LogP contribution in [-0.4, -0.2) is 22.4 Å². The highest BCUT2D eigenvalue weighted by Crippen LogP contribution is 2.18. The molecule has 1 fully saturated rings. The van der Waals surface area contributed by atoms with Crippen LogP contribution in [0.2, 0.25) is 0 Å². The molecule has 1 aliphatic rings. The van der Waals surface area contributed by atoms with Crippen molar-refractivity contribution in [2.24, 2.45) is 0 Å². The molecular weight excluding hydrogens is 210 g/mol. The van der Waals surface area contributed by atoms with Gasteiger partial charge in [0.25, 0.3) is 0 Å². The molecule has 0 unspecified atom stereocenters. The quantitative estimate of drug-likeness (QED) is 0.702. The van der Waals surface area contributed by atoms with E-state index in [1.165, 1.54) is 43.6 Å². The fourth-order valence-electron chi connectivity index (χ4n) is 2.15. The molecule has 2 rings (SSSR count). The molecule has 17 heavy (non-hydrogen) atoms. The second kappa shape index (κ2) is 6.20. The van der Waals surface area contributed by atoms with Crippen molar-refractivity contribution in [2.45, 2.75) is 65.0 Å². The summed E-state index contributed by atoms with van der Waals surface area (Å²) in [5.41, 5.74) is 2.62. The van der Waals surface area contributed by atoms with E-state index in [1.54, 1.807) is 0 Å². The minimum absolute atomic E-state index is 0.845. The number of nitrogens with zero attached hydrogens (tertiary/aromatic N) is 2. The van der Waals surface area contributed by atoms with Crippen molar-refractivity contribution >= 4 is 0 Å². The highest BCUT2D eigenvalue weighted by atomic mass is 15.3. The molecule has 0 aliphatic heterocycles. The van der Waals surface area contributed by atoms with Gasteiger partial charge >= 0.3 is 0 Å². The van der Waals surface area contributed by atoms with Gasteiger partial charge in [0.2, 0.25) is 0 Å². The molecule has 1 aromatic heterocycles. The van der Waals surface area contributed by atoms with Gasteiger partial charge in [-0.1, -0.05) is 13.8 Å². The first-order valence-corrected chi connectivity index (χ1v) is 7.12. The lowest BCUT2D eigenvalue weighted by Crippen LogP contribution is -2.18. The SMILES string of the molecule is CCc1cc(CC)n(CCCCNC2CC2)n1. The molecule has 1 aliphatic carbocycles. The lowest BCUT2D eigenvalue weighted by molar-refractivity contribution is 0.518. The molecule has 0 bridgehead atoms. The molecule has 1 saturated carbocycles. The maximum absolute atomic E-state index is 4.64. The van der Waals surface area contributed by atoms with Crippen LogP contribution < -0.4 is 5.32 Å². The summed E-state index contributed by atoms with van der Waals surface area (Å²) in [6.07, 6.45) is 7.41. The van der Waals surface area contributed by atoms with Crippen molar-refractivity contribution in [1.82, 2.24) is 15.1 Å². The third kappa shape index (κ3) is 3.84. The summed E-state index contributed by atoms with van der Waals surface area (Å²) in [7, 11) is 0. The van der Waals surface area contributed by atoms with E-state index in [4.69, 9.17) is 0 Å². The van der Waals surface area contributed by atoms with E-state index in [1.807, 2.05) is 0 Å². The maximum atomic E-state index is 4.64. The molecule has 0 atom stereocenters. The molecule has 1 N–H and O–H groups in total. The largest absolute Gasteiger partial charge is 0.314 e. The first kappa shape index (κ1) is 12.6. The van der Waals surface area contributed by atoms with E-state index < -0.39 is 0 Å². The minimum Gasteiger partial charge on any atom is -0.314 e. The Hall–Kier alpha value is -0.830. The average Bonchev–Trinajstić information content (AvgIpc) is 3.08. The summed E-state index contributed by atoms with van der Waals surface area (Å²) in [5.74, 6) is 0. The number of hydrogen-bond acceptors (Lipinski definition) is 2. The molecule has 3 nitrogen and oxygen atoms in total. The third-order valence-electron chi connectivity index (χ3n) is 3.45. The van der Waals surface area contributed by atoms with Gasteiger partial charge in [-0.2, -0.15) is 5.10 Å². The zero-order chi connectivity index (χ0) is 12.1. The van der Waals surface area contributed by atoms with Crippen molar-refractivity contribution in [2.75, 3.05) is 6.54 Å². The Morgan fingerprint density at radius 1 is 1.29 bits per heavy atom. The van der Waals surface area contributed by atoms with Gasteiger partial charge in [0, 0.05) is 18.3 Å². The Bertz CT molecular complexity index is 339. The smallest absolute Gasteiger partial charge is 0.0624 e. The van der Waals surface area contributed by atoms with Gasteiger partial charge in [0.15, 0.2) is 0 Å². The van der Waals surface area contributed by atoms with E-state index in [9.17, 15) is 0 Å². The van der Waals surface area contributed by atoms with Crippen molar-refractivity contribution in [1.29, 1.82) is 0 Å². The van der Waals surface area contributed by atoms with Gasteiger partial charge in [-0.25, -0.2) is 0 Å². The second-order valence-corrected chi connectivity index (χ2v) is 4.99. The Balaban J connectivity index is 1.70. The summed E-state index contributed by atoms with van der Waals surface area (Å²) >= 11 is 0. The zero-order valence-electron chi connectivity index (χ0n) is 11.2. The van der Waals surface area contributed by atoms with Crippen LogP contribution in [0.25, 0.3) is 0 Å². The first-order valence-electron chi connectivity index (χ1n) is 7.12. The van der Waals surface area contributed by atoms with Gasteiger partial charge in [0.05, 0.1) is 5.69 Å². The molecular formula is C14H25N3. The predicted molar refractivity (Wildman–Crippen MR) is 71.2 cm³/mol. The molecule has 1 heterocycles. The maximum Gasteiger partial charge on any atom is 0.0624 e.